The van der Waals surface area contributed by atoms with Crippen molar-refractivity contribution in [1.29, 1.82) is 0 Å². The molecule has 1 spiro atoms. The summed E-state index contributed by atoms with van der Waals surface area (Å²) < 4.78 is 10.8. The number of esters is 1. The maximum atomic E-state index is 11.1. The van der Waals surface area contributed by atoms with Crippen LogP contribution in [0.4, 0.5) is 0 Å². The normalized spacial score (nSPS) is 39.5. The highest BCUT2D eigenvalue weighted by Crippen LogP contribution is 2.41. The summed E-state index contributed by atoms with van der Waals surface area (Å²) in [5.74, 6) is -0.0519. The third-order valence-corrected chi connectivity index (χ3v) is 3.26. The summed E-state index contributed by atoms with van der Waals surface area (Å²) in [6.07, 6.45) is 5.92. The van der Waals surface area contributed by atoms with Crippen molar-refractivity contribution < 1.29 is 14.3 Å². The van der Waals surface area contributed by atoms with Crippen LogP contribution in [-0.2, 0) is 14.3 Å². The molecule has 1 aliphatic heterocycles. The van der Waals surface area contributed by atoms with E-state index < -0.39 is 0 Å². The Kier molecular flexibility index (Phi) is 2.28. The Bertz CT molecular complexity index is 214. The van der Waals surface area contributed by atoms with Crippen molar-refractivity contribution in [3.8, 4) is 0 Å². The van der Waals surface area contributed by atoms with Crippen LogP contribution < -0.4 is 0 Å². The Morgan fingerprint density at radius 2 is 2.31 bits per heavy atom. The van der Waals surface area contributed by atoms with E-state index in [-0.39, 0.29) is 17.7 Å². The molecule has 0 unspecified atom stereocenters. The van der Waals surface area contributed by atoms with Crippen LogP contribution in [0.3, 0.4) is 0 Å². The molecule has 0 N–H and O–H groups in total. The van der Waals surface area contributed by atoms with Gasteiger partial charge in [-0.25, -0.2) is 0 Å². The Morgan fingerprint density at radius 3 is 2.92 bits per heavy atom. The van der Waals surface area contributed by atoms with E-state index in [9.17, 15) is 4.79 Å². The summed E-state index contributed by atoms with van der Waals surface area (Å²) in [6.45, 7) is 0. The smallest absolute Gasteiger partial charge is 0.306 e. The maximum Gasteiger partial charge on any atom is 0.306 e. The number of rotatable bonds is 1. The first-order valence-electron chi connectivity index (χ1n) is 5.01. The minimum atomic E-state index is -0.260. The van der Waals surface area contributed by atoms with E-state index in [0.717, 1.165) is 25.7 Å². The molecule has 2 atom stereocenters. The molecule has 74 valence electrons. The lowest BCUT2D eigenvalue weighted by Gasteiger charge is -2.38. The van der Waals surface area contributed by atoms with Crippen molar-refractivity contribution in [2.45, 2.75) is 50.2 Å². The van der Waals surface area contributed by atoms with Gasteiger partial charge in [0.25, 0.3) is 0 Å². The van der Waals surface area contributed by atoms with Gasteiger partial charge in [0.15, 0.2) is 0 Å². The van der Waals surface area contributed by atoms with Gasteiger partial charge in [-0.1, -0.05) is 6.42 Å². The summed E-state index contributed by atoms with van der Waals surface area (Å²) >= 11 is 0. The van der Waals surface area contributed by atoms with Gasteiger partial charge >= 0.3 is 5.97 Å². The van der Waals surface area contributed by atoms with Gasteiger partial charge in [-0.05, 0) is 19.3 Å². The molecule has 2 aliphatic rings. The zero-order valence-corrected chi connectivity index (χ0v) is 8.04. The highest BCUT2D eigenvalue weighted by atomic mass is 16.6. The van der Waals surface area contributed by atoms with E-state index in [1.54, 1.807) is 7.11 Å². The molecule has 1 saturated heterocycles. The Hall–Kier alpha value is -0.570. The van der Waals surface area contributed by atoms with Crippen molar-refractivity contribution in [3.05, 3.63) is 0 Å². The summed E-state index contributed by atoms with van der Waals surface area (Å²) in [6, 6.07) is 0. The summed E-state index contributed by atoms with van der Waals surface area (Å²) in [5, 5.41) is 0. The monoisotopic (exact) mass is 184 g/mol. The fourth-order valence-corrected chi connectivity index (χ4v) is 2.56. The van der Waals surface area contributed by atoms with Gasteiger partial charge in [-0.2, -0.15) is 0 Å². The third-order valence-electron chi connectivity index (χ3n) is 3.26. The first kappa shape index (κ1) is 9.00. The molecule has 1 heterocycles. The number of methoxy groups -OCH3 is 1. The second-order valence-electron chi connectivity index (χ2n) is 4.01. The number of ether oxygens (including phenoxy) is 2. The molecular weight excluding hydrogens is 168 g/mol. The molecule has 1 saturated carbocycles. The Balaban J connectivity index is 2.13. The minimum absolute atomic E-state index is 0.0519. The summed E-state index contributed by atoms with van der Waals surface area (Å²) in [5.41, 5.74) is -0.260. The van der Waals surface area contributed by atoms with Gasteiger partial charge in [-0.3, -0.25) is 4.79 Å². The zero-order valence-electron chi connectivity index (χ0n) is 8.04. The lowest BCUT2D eigenvalue weighted by atomic mass is 9.80. The van der Waals surface area contributed by atoms with Gasteiger partial charge in [0.05, 0.1) is 6.10 Å². The highest BCUT2D eigenvalue weighted by molar-refractivity contribution is 5.72. The number of carbonyl (C=O) groups is 1. The van der Waals surface area contributed by atoms with Crippen molar-refractivity contribution in [3.63, 3.8) is 0 Å². The molecule has 3 heteroatoms. The van der Waals surface area contributed by atoms with Crippen molar-refractivity contribution >= 4 is 5.97 Å². The molecule has 1 aliphatic carbocycles. The molecular formula is C10H16O3. The lowest BCUT2D eigenvalue weighted by Crippen LogP contribution is -2.45. The average molecular weight is 184 g/mol. The zero-order chi connectivity index (χ0) is 9.31. The van der Waals surface area contributed by atoms with Gasteiger partial charge < -0.3 is 9.47 Å². The maximum absolute atomic E-state index is 11.1. The van der Waals surface area contributed by atoms with Crippen molar-refractivity contribution in [1.82, 2.24) is 0 Å². The van der Waals surface area contributed by atoms with Crippen LogP contribution in [0.5, 0.6) is 0 Å². The van der Waals surface area contributed by atoms with Crippen molar-refractivity contribution in [2.75, 3.05) is 7.11 Å². The quantitative estimate of drug-likeness (QED) is 0.581. The van der Waals surface area contributed by atoms with E-state index >= 15 is 0 Å². The van der Waals surface area contributed by atoms with E-state index in [0.29, 0.717) is 6.42 Å². The van der Waals surface area contributed by atoms with Crippen LogP contribution in [0.1, 0.15) is 38.5 Å². The molecule has 0 aromatic heterocycles. The number of hydrogen-bond donors (Lipinski definition) is 0. The van der Waals surface area contributed by atoms with E-state index in [4.69, 9.17) is 9.47 Å². The predicted octanol–water partition coefficient (Wildman–Crippen LogP) is 1.65. The largest absolute Gasteiger partial charge is 0.456 e. The van der Waals surface area contributed by atoms with Gasteiger partial charge in [-0.15, -0.1) is 0 Å². The molecule has 13 heavy (non-hydrogen) atoms. The number of carbonyl (C=O) groups excluding carboxylic acids is 1. The summed E-state index contributed by atoms with van der Waals surface area (Å²) in [4.78, 5) is 11.1. The Labute approximate surface area is 78.4 Å². The van der Waals surface area contributed by atoms with Crippen LogP contribution in [0.15, 0.2) is 0 Å². The molecule has 0 bridgehead atoms. The molecule has 3 nitrogen and oxygen atoms in total. The van der Waals surface area contributed by atoms with Crippen LogP contribution in [0, 0.1) is 0 Å². The third kappa shape index (κ3) is 1.46. The first-order chi connectivity index (χ1) is 6.27. The standard InChI is InChI=1S/C10H16O3/c1-12-8-4-2-3-6-10(8)7-5-9(11)13-10/h8H,2-7H2,1H3/t8-,10+/m0/s1. The van der Waals surface area contributed by atoms with Crippen molar-refractivity contribution in [2.24, 2.45) is 0 Å². The Morgan fingerprint density at radius 1 is 1.46 bits per heavy atom. The second kappa shape index (κ2) is 3.29. The fourth-order valence-electron chi connectivity index (χ4n) is 2.56. The highest BCUT2D eigenvalue weighted by Gasteiger charge is 2.48. The van der Waals surface area contributed by atoms with Gasteiger partial charge in [0, 0.05) is 20.0 Å². The van der Waals surface area contributed by atoms with E-state index in [2.05, 4.69) is 0 Å². The van der Waals surface area contributed by atoms with E-state index in [1.807, 2.05) is 0 Å². The van der Waals surface area contributed by atoms with Crippen LogP contribution in [0.2, 0.25) is 0 Å². The van der Waals surface area contributed by atoms with Crippen LogP contribution in [-0.4, -0.2) is 24.8 Å². The van der Waals surface area contributed by atoms with Gasteiger partial charge in [0.2, 0.25) is 0 Å². The van der Waals surface area contributed by atoms with E-state index in [1.165, 1.54) is 6.42 Å². The van der Waals surface area contributed by atoms with Crippen LogP contribution in [0.25, 0.3) is 0 Å². The molecule has 0 aromatic rings. The lowest BCUT2D eigenvalue weighted by molar-refractivity contribution is -0.166. The topological polar surface area (TPSA) is 35.5 Å². The fraction of sp³-hybridized carbons (Fsp3) is 0.900. The SMILES string of the molecule is CO[C@H]1CCCC[C@@]12CCC(=O)O2. The minimum Gasteiger partial charge on any atom is -0.456 e. The average Bonchev–Trinajstić information content (AvgIpc) is 2.49. The first-order valence-corrected chi connectivity index (χ1v) is 5.01. The molecule has 0 radical (unpaired) electrons. The van der Waals surface area contributed by atoms with Crippen LogP contribution >= 0.6 is 0 Å². The van der Waals surface area contributed by atoms with Gasteiger partial charge in [0.1, 0.15) is 5.60 Å². The number of hydrogen-bond acceptors (Lipinski definition) is 3. The molecule has 2 fully saturated rings. The predicted molar refractivity (Wildman–Crippen MR) is 47.3 cm³/mol. The second-order valence-corrected chi connectivity index (χ2v) is 4.01. The summed E-state index contributed by atoms with van der Waals surface area (Å²) in [7, 11) is 1.71. The molecule has 0 amide bonds. The molecule has 2 rings (SSSR count). The molecule has 0 aromatic carbocycles.